The molecule has 0 fully saturated rings. The molecule has 0 amide bonds. The van der Waals surface area contributed by atoms with Gasteiger partial charge in [0.05, 0.1) is 0 Å². The molecule has 0 heterocycles. The standard InChI is InChI=1S/C15H26N2/c1-4-13(5-2)12-17(6-3)15-9-7-8-14(10-15)11-16/h7-10,13H,4-6,11-12,16H2,1-3H3. The van der Waals surface area contributed by atoms with Gasteiger partial charge in [-0.25, -0.2) is 0 Å². The lowest BCUT2D eigenvalue weighted by Crippen LogP contribution is -2.29. The smallest absolute Gasteiger partial charge is 0.0369 e. The Bertz CT molecular complexity index is 318. The Morgan fingerprint density at radius 3 is 2.41 bits per heavy atom. The Balaban J connectivity index is 2.77. The highest BCUT2D eigenvalue weighted by Crippen LogP contribution is 2.19. The summed E-state index contributed by atoms with van der Waals surface area (Å²) >= 11 is 0. The van der Waals surface area contributed by atoms with Gasteiger partial charge in [0.1, 0.15) is 0 Å². The third-order valence-corrected chi connectivity index (χ3v) is 3.53. The van der Waals surface area contributed by atoms with Crippen LogP contribution in [0.15, 0.2) is 24.3 Å². The molecular formula is C15H26N2. The van der Waals surface area contributed by atoms with Crippen LogP contribution in [0.1, 0.15) is 39.2 Å². The van der Waals surface area contributed by atoms with Crippen LogP contribution in [-0.4, -0.2) is 13.1 Å². The second-order valence-corrected chi connectivity index (χ2v) is 4.60. The molecule has 0 unspecified atom stereocenters. The fraction of sp³-hybridized carbons (Fsp3) is 0.600. The number of nitrogens with zero attached hydrogens (tertiary/aromatic N) is 1. The molecular weight excluding hydrogens is 208 g/mol. The van der Waals surface area contributed by atoms with Crippen LogP contribution in [0.25, 0.3) is 0 Å². The monoisotopic (exact) mass is 234 g/mol. The molecule has 1 rings (SSSR count). The van der Waals surface area contributed by atoms with Crippen LogP contribution in [0, 0.1) is 5.92 Å². The largest absolute Gasteiger partial charge is 0.372 e. The number of nitrogens with two attached hydrogens (primary N) is 1. The first kappa shape index (κ1) is 14.0. The van der Waals surface area contributed by atoms with Gasteiger partial charge < -0.3 is 10.6 Å². The number of hydrogen-bond donors (Lipinski definition) is 1. The lowest BCUT2D eigenvalue weighted by molar-refractivity contribution is 0.486. The quantitative estimate of drug-likeness (QED) is 0.783. The minimum Gasteiger partial charge on any atom is -0.372 e. The second kappa shape index (κ2) is 7.33. The van der Waals surface area contributed by atoms with Gasteiger partial charge in [0, 0.05) is 25.3 Å². The van der Waals surface area contributed by atoms with Crippen molar-refractivity contribution in [1.82, 2.24) is 0 Å². The van der Waals surface area contributed by atoms with E-state index in [1.54, 1.807) is 0 Å². The van der Waals surface area contributed by atoms with Crippen molar-refractivity contribution in [2.45, 2.75) is 40.2 Å². The van der Waals surface area contributed by atoms with Gasteiger partial charge in [0.25, 0.3) is 0 Å². The van der Waals surface area contributed by atoms with Gasteiger partial charge in [-0.2, -0.15) is 0 Å². The van der Waals surface area contributed by atoms with E-state index in [4.69, 9.17) is 5.73 Å². The zero-order valence-electron chi connectivity index (χ0n) is 11.4. The average Bonchev–Trinajstić information content (AvgIpc) is 2.40. The van der Waals surface area contributed by atoms with Crippen LogP contribution in [0.3, 0.4) is 0 Å². The van der Waals surface area contributed by atoms with Crippen molar-refractivity contribution >= 4 is 5.69 Å². The first-order valence-corrected chi connectivity index (χ1v) is 6.79. The van der Waals surface area contributed by atoms with Crippen LogP contribution in [0.5, 0.6) is 0 Å². The molecule has 17 heavy (non-hydrogen) atoms. The fourth-order valence-corrected chi connectivity index (χ4v) is 2.16. The maximum absolute atomic E-state index is 5.70. The zero-order valence-corrected chi connectivity index (χ0v) is 11.4. The number of rotatable bonds is 7. The van der Waals surface area contributed by atoms with Gasteiger partial charge in [-0.05, 0) is 30.5 Å². The molecule has 2 nitrogen and oxygen atoms in total. The van der Waals surface area contributed by atoms with Gasteiger partial charge >= 0.3 is 0 Å². The first-order valence-electron chi connectivity index (χ1n) is 6.79. The van der Waals surface area contributed by atoms with E-state index in [2.05, 4.69) is 49.9 Å². The molecule has 0 atom stereocenters. The predicted molar refractivity (Wildman–Crippen MR) is 76.3 cm³/mol. The number of anilines is 1. The van der Waals surface area contributed by atoms with Crippen LogP contribution in [-0.2, 0) is 6.54 Å². The maximum atomic E-state index is 5.70. The SMILES string of the molecule is CCC(CC)CN(CC)c1cccc(CN)c1. The van der Waals surface area contributed by atoms with Gasteiger partial charge in [-0.1, -0.05) is 38.8 Å². The lowest BCUT2D eigenvalue weighted by atomic mass is 10.0. The van der Waals surface area contributed by atoms with E-state index in [0.29, 0.717) is 6.54 Å². The van der Waals surface area contributed by atoms with E-state index >= 15 is 0 Å². The third-order valence-electron chi connectivity index (χ3n) is 3.53. The molecule has 2 N–H and O–H groups in total. The first-order chi connectivity index (χ1) is 8.24. The third kappa shape index (κ3) is 4.04. The summed E-state index contributed by atoms with van der Waals surface area (Å²) in [5, 5.41) is 0. The molecule has 0 aliphatic carbocycles. The maximum Gasteiger partial charge on any atom is 0.0369 e. The van der Waals surface area contributed by atoms with E-state index in [-0.39, 0.29) is 0 Å². The van der Waals surface area contributed by atoms with E-state index < -0.39 is 0 Å². The van der Waals surface area contributed by atoms with Crippen LogP contribution < -0.4 is 10.6 Å². The van der Waals surface area contributed by atoms with Crippen molar-refractivity contribution in [2.75, 3.05) is 18.0 Å². The summed E-state index contributed by atoms with van der Waals surface area (Å²) in [5.74, 6) is 0.788. The molecule has 0 bridgehead atoms. The molecule has 0 saturated carbocycles. The molecule has 1 aromatic rings. The van der Waals surface area contributed by atoms with E-state index in [9.17, 15) is 0 Å². The molecule has 2 heteroatoms. The summed E-state index contributed by atoms with van der Waals surface area (Å²) in [6.07, 6.45) is 2.51. The highest BCUT2D eigenvalue weighted by molar-refractivity contribution is 5.48. The van der Waals surface area contributed by atoms with Crippen molar-refractivity contribution in [2.24, 2.45) is 11.7 Å². The summed E-state index contributed by atoms with van der Waals surface area (Å²) < 4.78 is 0. The molecule has 0 aromatic heterocycles. The van der Waals surface area contributed by atoms with Crippen molar-refractivity contribution in [3.05, 3.63) is 29.8 Å². The Kier molecular flexibility index (Phi) is 6.06. The summed E-state index contributed by atoms with van der Waals surface area (Å²) in [6, 6.07) is 8.60. The Hall–Kier alpha value is -1.02. The van der Waals surface area contributed by atoms with Crippen LogP contribution in [0.4, 0.5) is 5.69 Å². The van der Waals surface area contributed by atoms with Crippen LogP contribution in [0.2, 0.25) is 0 Å². The van der Waals surface area contributed by atoms with Crippen molar-refractivity contribution in [1.29, 1.82) is 0 Å². The predicted octanol–water partition coefficient (Wildman–Crippen LogP) is 3.41. The van der Waals surface area contributed by atoms with Crippen molar-refractivity contribution in [3.63, 3.8) is 0 Å². The van der Waals surface area contributed by atoms with Gasteiger partial charge in [0.15, 0.2) is 0 Å². The van der Waals surface area contributed by atoms with E-state index in [1.807, 2.05) is 0 Å². The molecule has 0 radical (unpaired) electrons. The van der Waals surface area contributed by atoms with Gasteiger partial charge in [-0.3, -0.25) is 0 Å². The summed E-state index contributed by atoms with van der Waals surface area (Å²) in [4.78, 5) is 2.46. The lowest BCUT2D eigenvalue weighted by Gasteiger charge is -2.27. The highest BCUT2D eigenvalue weighted by atomic mass is 15.1. The molecule has 0 aliphatic rings. The zero-order chi connectivity index (χ0) is 12.7. The normalized spacial score (nSPS) is 10.9. The fourth-order valence-electron chi connectivity index (χ4n) is 2.16. The Morgan fingerprint density at radius 1 is 1.18 bits per heavy atom. The second-order valence-electron chi connectivity index (χ2n) is 4.60. The van der Waals surface area contributed by atoms with Gasteiger partial charge in [0.2, 0.25) is 0 Å². The van der Waals surface area contributed by atoms with E-state index in [0.717, 1.165) is 19.0 Å². The number of hydrogen-bond acceptors (Lipinski definition) is 2. The topological polar surface area (TPSA) is 29.3 Å². The van der Waals surface area contributed by atoms with Crippen LogP contribution >= 0.6 is 0 Å². The molecule has 0 spiro atoms. The minimum absolute atomic E-state index is 0.621. The molecule has 96 valence electrons. The highest BCUT2D eigenvalue weighted by Gasteiger charge is 2.10. The van der Waals surface area contributed by atoms with Gasteiger partial charge in [-0.15, -0.1) is 0 Å². The van der Waals surface area contributed by atoms with Crippen molar-refractivity contribution < 1.29 is 0 Å². The Morgan fingerprint density at radius 2 is 1.88 bits per heavy atom. The minimum atomic E-state index is 0.621. The summed E-state index contributed by atoms with van der Waals surface area (Å²) in [5.41, 5.74) is 8.22. The Labute approximate surface area is 106 Å². The average molecular weight is 234 g/mol. The summed E-state index contributed by atoms with van der Waals surface area (Å²) in [6.45, 7) is 9.60. The molecule has 0 aliphatic heterocycles. The molecule has 0 saturated heterocycles. The summed E-state index contributed by atoms with van der Waals surface area (Å²) in [7, 11) is 0. The number of benzene rings is 1. The molecule has 1 aromatic carbocycles. The van der Waals surface area contributed by atoms with E-state index in [1.165, 1.54) is 24.1 Å². The van der Waals surface area contributed by atoms with Crippen molar-refractivity contribution in [3.8, 4) is 0 Å².